The van der Waals surface area contributed by atoms with Crippen LogP contribution in [0.15, 0.2) is 47.4 Å². The van der Waals surface area contributed by atoms with Gasteiger partial charge in [0.15, 0.2) is 5.78 Å². The predicted molar refractivity (Wildman–Crippen MR) is 96.9 cm³/mol. The summed E-state index contributed by atoms with van der Waals surface area (Å²) in [5.74, 6) is -0.221. The fourth-order valence-electron chi connectivity index (χ4n) is 1.87. The number of halogens is 2. The van der Waals surface area contributed by atoms with Crippen molar-refractivity contribution in [3.05, 3.63) is 58.1 Å². The zero-order valence-electron chi connectivity index (χ0n) is 12.6. The number of carbonyl (C=O) groups excluding carboxylic acids is 2. The minimum absolute atomic E-state index is 0.0470. The molecule has 0 unspecified atom stereocenters. The van der Waals surface area contributed by atoms with Crippen LogP contribution in [0.3, 0.4) is 0 Å². The third-order valence-corrected chi connectivity index (χ3v) is 4.94. The van der Waals surface area contributed by atoms with Crippen LogP contribution in [-0.4, -0.2) is 16.9 Å². The summed E-state index contributed by atoms with van der Waals surface area (Å²) in [4.78, 5) is 24.4. The molecule has 0 spiro atoms. The van der Waals surface area contributed by atoms with Gasteiger partial charge in [-0.1, -0.05) is 35.3 Å². The van der Waals surface area contributed by atoms with Crippen molar-refractivity contribution in [2.75, 3.05) is 5.32 Å². The number of nitrogens with one attached hydrogen (secondary N) is 1. The van der Waals surface area contributed by atoms with Crippen LogP contribution < -0.4 is 5.32 Å². The molecule has 1 amide bonds. The van der Waals surface area contributed by atoms with E-state index in [1.54, 1.807) is 49.4 Å². The molecular weight excluding hydrogens is 353 g/mol. The number of benzene rings is 2. The van der Waals surface area contributed by atoms with Crippen LogP contribution in [0.1, 0.15) is 24.2 Å². The molecule has 0 aromatic heterocycles. The molecule has 0 heterocycles. The number of thioether (sulfide) groups is 1. The van der Waals surface area contributed by atoms with Crippen molar-refractivity contribution >= 4 is 52.3 Å². The van der Waals surface area contributed by atoms with E-state index in [-0.39, 0.29) is 16.9 Å². The van der Waals surface area contributed by atoms with Crippen molar-refractivity contribution < 1.29 is 9.59 Å². The lowest BCUT2D eigenvalue weighted by Gasteiger charge is -2.13. The number of anilines is 1. The molecule has 0 fully saturated rings. The van der Waals surface area contributed by atoms with E-state index in [2.05, 4.69) is 5.32 Å². The van der Waals surface area contributed by atoms with Crippen LogP contribution in [0, 0.1) is 0 Å². The Morgan fingerprint density at radius 2 is 1.87 bits per heavy atom. The van der Waals surface area contributed by atoms with Crippen molar-refractivity contribution in [1.29, 1.82) is 0 Å². The Morgan fingerprint density at radius 1 is 1.13 bits per heavy atom. The zero-order valence-corrected chi connectivity index (χ0v) is 14.9. The predicted octanol–water partition coefficient (Wildman–Crippen LogP) is 5.32. The third-order valence-electron chi connectivity index (χ3n) is 3.10. The fraction of sp³-hybridized carbons (Fsp3) is 0.176. The number of rotatable bonds is 5. The molecule has 1 N–H and O–H groups in total. The van der Waals surface area contributed by atoms with E-state index < -0.39 is 0 Å². The van der Waals surface area contributed by atoms with Gasteiger partial charge in [0.2, 0.25) is 5.91 Å². The molecule has 3 nitrogen and oxygen atoms in total. The molecule has 120 valence electrons. The van der Waals surface area contributed by atoms with E-state index in [0.29, 0.717) is 21.3 Å². The number of carbonyl (C=O) groups is 2. The first-order chi connectivity index (χ1) is 10.9. The fourth-order valence-corrected chi connectivity index (χ4v) is 3.28. The van der Waals surface area contributed by atoms with Gasteiger partial charge in [-0.25, -0.2) is 0 Å². The van der Waals surface area contributed by atoms with Crippen molar-refractivity contribution in [2.45, 2.75) is 24.0 Å². The van der Waals surface area contributed by atoms with Crippen LogP contribution in [0.5, 0.6) is 0 Å². The number of amides is 1. The molecule has 0 aliphatic carbocycles. The molecule has 0 saturated heterocycles. The highest BCUT2D eigenvalue weighted by atomic mass is 35.5. The van der Waals surface area contributed by atoms with Gasteiger partial charge in [0, 0.05) is 21.2 Å². The van der Waals surface area contributed by atoms with Gasteiger partial charge in [0.1, 0.15) is 0 Å². The van der Waals surface area contributed by atoms with Crippen LogP contribution in [0.2, 0.25) is 10.0 Å². The van der Waals surface area contributed by atoms with Crippen molar-refractivity contribution in [3.8, 4) is 0 Å². The van der Waals surface area contributed by atoms with Crippen molar-refractivity contribution in [3.63, 3.8) is 0 Å². The number of ketones is 1. The minimum atomic E-state index is -0.369. The third kappa shape index (κ3) is 4.99. The molecule has 23 heavy (non-hydrogen) atoms. The van der Waals surface area contributed by atoms with E-state index >= 15 is 0 Å². The molecule has 0 saturated carbocycles. The van der Waals surface area contributed by atoms with E-state index in [0.717, 1.165) is 4.90 Å². The highest BCUT2D eigenvalue weighted by molar-refractivity contribution is 8.00. The normalized spacial score (nSPS) is 11.8. The summed E-state index contributed by atoms with van der Waals surface area (Å²) >= 11 is 13.4. The van der Waals surface area contributed by atoms with Gasteiger partial charge in [-0.3, -0.25) is 9.59 Å². The van der Waals surface area contributed by atoms with E-state index in [4.69, 9.17) is 23.2 Å². The van der Waals surface area contributed by atoms with Crippen LogP contribution in [0.4, 0.5) is 5.69 Å². The highest BCUT2D eigenvalue weighted by Gasteiger charge is 2.16. The molecule has 0 aliphatic heterocycles. The summed E-state index contributed by atoms with van der Waals surface area (Å²) in [5.41, 5.74) is 1.15. The SMILES string of the molecule is CC(=O)c1cccc(NC(=O)[C@@H](C)Sc2cc(Cl)ccc2Cl)c1. The van der Waals surface area contributed by atoms with Crippen LogP contribution >= 0.6 is 35.0 Å². The maximum atomic E-state index is 12.3. The molecule has 0 aliphatic rings. The summed E-state index contributed by atoms with van der Waals surface area (Å²) in [7, 11) is 0. The van der Waals surface area contributed by atoms with E-state index in [9.17, 15) is 9.59 Å². The number of hydrogen-bond acceptors (Lipinski definition) is 3. The van der Waals surface area contributed by atoms with Crippen LogP contribution in [-0.2, 0) is 4.79 Å². The monoisotopic (exact) mass is 367 g/mol. The van der Waals surface area contributed by atoms with Gasteiger partial charge in [0.25, 0.3) is 0 Å². The maximum absolute atomic E-state index is 12.3. The Bertz CT molecular complexity index is 749. The molecule has 0 radical (unpaired) electrons. The first-order valence-electron chi connectivity index (χ1n) is 6.90. The number of hydrogen-bond donors (Lipinski definition) is 1. The minimum Gasteiger partial charge on any atom is -0.325 e. The molecule has 0 bridgehead atoms. The van der Waals surface area contributed by atoms with Crippen molar-refractivity contribution in [1.82, 2.24) is 0 Å². The quantitative estimate of drug-likeness (QED) is 0.574. The first kappa shape index (κ1) is 17.9. The van der Waals surface area contributed by atoms with Gasteiger partial charge in [0.05, 0.1) is 10.3 Å². The molecule has 1 atom stereocenters. The summed E-state index contributed by atoms with van der Waals surface area (Å²) < 4.78 is 0. The Balaban J connectivity index is 2.07. The highest BCUT2D eigenvalue weighted by Crippen LogP contribution is 2.33. The lowest BCUT2D eigenvalue weighted by Crippen LogP contribution is -2.22. The smallest absolute Gasteiger partial charge is 0.237 e. The van der Waals surface area contributed by atoms with E-state index in [1.807, 2.05) is 0 Å². The number of Topliss-reactive ketones (excluding diaryl/α,β-unsaturated/α-hetero) is 1. The average Bonchev–Trinajstić information content (AvgIpc) is 2.51. The Labute approximate surface area is 149 Å². The molecule has 2 aromatic carbocycles. The first-order valence-corrected chi connectivity index (χ1v) is 8.54. The van der Waals surface area contributed by atoms with Gasteiger partial charge in [-0.15, -0.1) is 11.8 Å². The van der Waals surface area contributed by atoms with E-state index in [1.165, 1.54) is 18.7 Å². The Morgan fingerprint density at radius 3 is 2.57 bits per heavy atom. The maximum Gasteiger partial charge on any atom is 0.237 e. The second kappa shape index (κ2) is 7.86. The molecule has 2 rings (SSSR count). The summed E-state index contributed by atoms with van der Waals surface area (Å²) in [6.45, 7) is 3.27. The topological polar surface area (TPSA) is 46.2 Å². The van der Waals surface area contributed by atoms with Gasteiger partial charge < -0.3 is 5.32 Å². The van der Waals surface area contributed by atoms with Gasteiger partial charge in [-0.05, 0) is 44.2 Å². The van der Waals surface area contributed by atoms with Crippen LogP contribution in [0.25, 0.3) is 0 Å². The lowest BCUT2D eigenvalue weighted by atomic mass is 10.1. The largest absolute Gasteiger partial charge is 0.325 e. The molecule has 6 heteroatoms. The average molecular weight is 368 g/mol. The summed E-state index contributed by atoms with van der Waals surface area (Å²) in [6, 6.07) is 12.0. The second-order valence-corrected chi connectivity index (χ2v) is 7.19. The van der Waals surface area contributed by atoms with Gasteiger partial charge in [-0.2, -0.15) is 0 Å². The van der Waals surface area contributed by atoms with Gasteiger partial charge >= 0.3 is 0 Å². The second-order valence-electron chi connectivity index (χ2n) is 4.96. The van der Waals surface area contributed by atoms with Crippen molar-refractivity contribution in [2.24, 2.45) is 0 Å². The Hall–Kier alpha value is -1.49. The summed E-state index contributed by atoms with van der Waals surface area (Å²) in [6.07, 6.45) is 0. The lowest BCUT2D eigenvalue weighted by molar-refractivity contribution is -0.115. The zero-order chi connectivity index (χ0) is 17.0. The standard InChI is InChI=1S/C17H15Cl2NO2S/c1-10(21)12-4-3-5-14(8-12)20-17(22)11(2)23-16-9-13(18)6-7-15(16)19/h3-9,11H,1-2H3,(H,20,22)/t11-/m1/s1. The Kier molecular flexibility index (Phi) is 6.10. The molecular formula is C17H15Cl2NO2S. The molecule has 2 aromatic rings. The summed E-state index contributed by atoms with van der Waals surface area (Å²) in [5, 5.41) is 3.56.